The van der Waals surface area contributed by atoms with Crippen LogP contribution in [0.1, 0.15) is 24.4 Å². The molecular weight excluding hydrogens is 172 g/mol. The van der Waals surface area contributed by atoms with Crippen LogP contribution >= 0.6 is 0 Å². The Labute approximate surface area is 85.7 Å². The first kappa shape index (κ1) is 9.69. The molecule has 1 aromatic carbocycles. The molecule has 1 aliphatic rings. The third kappa shape index (κ3) is 1.81. The molecule has 0 aromatic heterocycles. The Morgan fingerprint density at radius 1 is 1.36 bits per heavy atom. The molecule has 76 valence electrons. The van der Waals surface area contributed by atoms with Crippen LogP contribution in [0.25, 0.3) is 0 Å². The Hall–Kier alpha value is -0.860. The summed E-state index contributed by atoms with van der Waals surface area (Å²) < 4.78 is 0. The van der Waals surface area contributed by atoms with Crippen LogP contribution in [0.2, 0.25) is 0 Å². The fourth-order valence-electron chi connectivity index (χ4n) is 2.29. The summed E-state index contributed by atoms with van der Waals surface area (Å²) in [4.78, 5) is 2.37. The highest BCUT2D eigenvalue weighted by atomic mass is 15.2. The third-order valence-electron chi connectivity index (χ3n) is 3.18. The Morgan fingerprint density at radius 3 is 2.64 bits per heavy atom. The number of likely N-dealkylation sites (tertiary alicyclic amines) is 1. The van der Waals surface area contributed by atoms with Crippen molar-refractivity contribution in [1.82, 2.24) is 4.90 Å². The molecule has 0 spiro atoms. The predicted octanol–water partition coefficient (Wildman–Crippen LogP) is 1.78. The first-order chi connectivity index (χ1) is 6.79. The molecule has 0 amide bonds. The average molecular weight is 190 g/mol. The highest BCUT2D eigenvalue weighted by molar-refractivity contribution is 5.20. The molecule has 1 unspecified atom stereocenters. The lowest BCUT2D eigenvalue weighted by Crippen LogP contribution is -2.35. The summed E-state index contributed by atoms with van der Waals surface area (Å²) >= 11 is 0. The molecule has 0 aliphatic carbocycles. The molecule has 2 nitrogen and oxygen atoms in total. The molecule has 1 aromatic rings. The van der Waals surface area contributed by atoms with E-state index in [1.807, 2.05) is 6.07 Å². The number of rotatable bonds is 2. The highest BCUT2D eigenvalue weighted by Crippen LogP contribution is 2.25. The smallest absolute Gasteiger partial charge is 0.0452 e. The normalized spacial score (nSPS) is 25.1. The largest absolute Gasteiger partial charge is 0.323 e. The fourth-order valence-corrected chi connectivity index (χ4v) is 2.29. The number of hydrogen-bond acceptors (Lipinski definition) is 2. The van der Waals surface area contributed by atoms with E-state index in [0.29, 0.717) is 6.04 Å². The van der Waals surface area contributed by atoms with Crippen LogP contribution in [-0.4, -0.2) is 24.5 Å². The SMILES string of the molecule is CN1CCC[C@H]1C(N)c1ccccc1. The molecule has 2 atom stereocenters. The quantitative estimate of drug-likeness (QED) is 0.770. The average Bonchev–Trinajstić information content (AvgIpc) is 2.65. The van der Waals surface area contributed by atoms with E-state index in [-0.39, 0.29) is 6.04 Å². The van der Waals surface area contributed by atoms with Crippen LogP contribution in [0.4, 0.5) is 0 Å². The van der Waals surface area contributed by atoms with E-state index >= 15 is 0 Å². The number of nitrogens with two attached hydrogens (primary N) is 1. The topological polar surface area (TPSA) is 29.3 Å². The lowest BCUT2D eigenvalue weighted by atomic mass is 9.99. The minimum absolute atomic E-state index is 0.170. The molecule has 1 fully saturated rings. The fraction of sp³-hybridized carbons (Fsp3) is 0.500. The van der Waals surface area contributed by atoms with Gasteiger partial charge in [-0.05, 0) is 32.0 Å². The first-order valence-electron chi connectivity index (χ1n) is 5.30. The van der Waals surface area contributed by atoms with Gasteiger partial charge in [0.2, 0.25) is 0 Å². The predicted molar refractivity (Wildman–Crippen MR) is 59.0 cm³/mol. The number of likely N-dealkylation sites (N-methyl/N-ethyl adjacent to an activating group) is 1. The van der Waals surface area contributed by atoms with Crippen molar-refractivity contribution in [2.24, 2.45) is 5.73 Å². The summed E-state index contributed by atoms with van der Waals surface area (Å²) in [5.41, 5.74) is 7.50. The summed E-state index contributed by atoms with van der Waals surface area (Å²) in [6.45, 7) is 1.19. The van der Waals surface area contributed by atoms with E-state index < -0.39 is 0 Å². The summed E-state index contributed by atoms with van der Waals surface area (Å²) in [5, 5.41) is 0. The van der Waals surface area contributed by atoms with Gasteiger partial charge in [-0.3, -0.25) is 0 Å². The van der Waals surface area contributed by atoms with Gasteiger partial charge in [0.05, 0.1) is 0 Å². The van der Waals surface area contributed by atoms with Crippen molar-refractivity contribution in [3.63, 3.8) is 0 Å². The van der Waals surface area contributed by atoms with Gasteiger partial charge in [-0.15, -0.1) is 0 Å². The molecule has 1 aliphatic heterocycles. The monoisotopic (exact) mass is 190 g/mol. The van der Waals surface area contributed by atoms with E-state index in [0.717, 1.165) is 0 Å². The Kier molecular flexibility index (Phi) is 2.85. The minimum Gasteiger partial charge on any atom is -0.323 e. The highest BCUT2D eigenvalue weighted by Gasteiger charge is 2.27. The molecule has 0 saturated carbocycles. The van der Waals surface area contributed by atoms with Crippen molar-refractivity contribution >= 4 is 0 Å². The lowest BCUT2D eigenvalue weighted by Gasteiger charge is -2.26. The Balaban J connectivity index is 2.12. The van der Waals surface area contributed by atoms with Crippen molar-refractivity contribution in [2.75, 3.05) is 13.6 Å². The van der Waals surface area contributed by atoms with Gasteiger partial charge in [-0.2, -0.15) is 0 Å². The second-order valence-corrected chi connectivity index (χ2v) is 4.13. The van der Waals surface area contributed by atoms with Gasteiger partial charge >= 0.3 is 0 Å². The standard InChI is InChI=1S/C12H18N2/c1-14-9-5-8-11(14)12(13)10-6-3-2-4-7-10/h2-4,6-7,11-12H,5,8-9,13H2,1H3/t11-,12?/m0/s1. The van der Waals surface area contributed by atoms with Gasteiger partial charge in [0.25, 0.3) is 0 Å². The van der Waals surface area contributed by atoms with Crippen LogP contribution in [0, 0.1) is 0 Å². The molecule has 2 rings (SSSR count). The summed E-state index contributed by atoms with van der Waals surface area (Å²) in [6, 6.07) is 11.1. The molecule has 0 radical (unpaired) electrons. The minimum atomic E-state index is 0.170. The maximum absolute atomic E-state index is 6.25. The summed E-state index contributed by atoms with van der Waals surface area (Å²) in [7, 11) is 2.17. The number of hydrogen-bond donors (Lipinski definition) is 1. The van der Waals surface area contributed by atoms with Crippen LogP contribution in [0.5, 0.6) is 0 Å². The van der Waals surface area contributed by atoms with Gasteiger partial charge in [0, 0.05) is 12.1 Å². The molecule has 1 heterocycles. The van der Waals surface area contributed by atoms with Crippen LogP contribution < -0.4 is 5.73 Å². The van der Waals surface area contributed by atoms with Gasteiger partial charge in [0.1, 0.15) is 0 Å². The van der Waals surface area contributed by atoms with Crippen LogP contribution in [0.3, 0.4) is 0 Å². The third-order valence-corrected chi connectivity index (χ3v) is 3.18. The summed E-state index contributed by atoms with van der Waals surface area (Å²) in [5.74, 6) is 0. The lowest BCUT2D eigenvalue weighted by molar-refractivity contribution is 0.273. The molecule has 1 saturated heterocycles. The summed E-state index contributed by atoms with van der Waals surface area (Å²) in [6.07, 6.45) is 2.51. The molecule has 2 N–H and O–H groups in total. The van der Waals surface area contributed by atoms with E-state index in [9.17, 15) is 0 Å². The zero-order valence-corrected chi connectivity index (χ0v) is 8.69. The van der Waals surface area contributed by atoms with Crippen molar-refractivity contribution in [3.8, 4) is 0 Å². The van der Waals surface area contributed by atoms with Gasteiger partial charge < -0.3 is 10.6 Å². The number of benzene rings is 1. The van der Waals surface area contributed by atoms with Crippen molar-refractivity contribution < 1.29 is 0 Å². The zero-order chi connectivity index (χ0) is 9.97. The maximum Gasteiger partial charge on any atom is 0.0452 e. The first-order valence-corrected chi connectivity index (χ1v) is 5.30. The zero-order valence-electron chi connectivity index (χ0n) is 8.69. The Bertz CT molecular complexity index is 284. The molecule has 0 bridgehead atoms. The maximum atomic E-state index is 6.25. The van der Waals surface area contributed by atoms with Crippen molar-refractivity contribution in [2.45, 2.75) is 24.9 Å². The van der Waals surface area contributed by atoms with Crippen molar-refractivity contribution in [1.29, 1.82) is 0 Å². The van der Waals surface area contributed by atoms with E-state index in [4.69, 9.17) is 5.73 Å². The molecule has 14 heavy (non-hydrogen) atoms. The van der Waals surface area contributed by atoms with E-state index in [1.165, 1.54) is 24.9 Å². The molecular formula is C12H18N2. The van der Waals surface area contributed by atoms with Crippen LogP contribution in [0.15, 0.2) is 30.3 Å². The van der Waals surface area contributed by atoms with Crippen molar-refractivity contribution in [3.05, 3.63) is 35.9 Å². The Morgan fingerprint density at radius 2 is 2.07 bits per heavy atom. The van der Waals surface area contributed by atoms with Gasteiger partial charge in [0.15, 0.2) is 0 Å². The van der Waals surface area contributed by atoms with Gasteiger partial charge in [-0.25, -0.2) is 0 Å². The second kappa shape index (κ2) is 4.11. The van der Waals surface area contributed by atoms with E-state index in [1.54, 1.807) is 0 Å². The van der Waals surface area contributed by atoms with E-state index in [2.05, 4.69) is 36.2 Å². The second-order valence-electron chi connectivity index (χ2n) is 4.13. The number of nitrogens with zero attached hydrogens (tertiary/aromatic N) is 1. The van der Waals surface area contributed by atoms with Crippen LogP contribution in [-0.2, 0) is 0 Å². The molecule has 2 heteroatoms. The van der Waals surface area contributed by atoms with Gasteiger partial charge in [-0.1, -0.05) is 30.3 Å².